The van der Waals surface area contributed by atoms with Crippen LogP contribution in [0.3, 0.4) is 0 Å². The number of furan rings is 1. The summed E-state index contributed by atoms with van der Waals surface area (Å²) < 4.78 is 5.61. The van der Waals surface area contributed by atoms with Crippen LogP contribution >= 0.6 is 11.3 Å². The fourth-order valence-electron chi connectivity index (χ4n) is 3.39. The van der Waals surface area contributed by atoms with E-state index < -0.39 is 0 Å². The van der Waals surface area contributed by atoms with Crippen molar-refractivity contribution in [3.63, 3.8) is 0 Å². The smallest absolute Gasteiger partial charge is 0.234 e. The second kappa shape index (κ2) is 10.7. The number of nitrogens with one attached hydrogen (secondary N) is 1. The number of hydrogen-bond donors (Lipinski definition) is 1. The number of aryl methyl sites for hydroxylation is 2. The Morgan fingerprint density at radius 1 is 1.32 bits per heavy atom. The average molecular weight is 407 g/mol. The van der Waals surface area contributed by atoms with Gasteiger partial charge in [-0.15, -0.1) is 11.3 Å². The monoisotopic (exact) mass is 406 g/mol. The normalized spacial score (nSPS) is 13.9. The van der Waals surface area contributed by atoms with Crippen LogP contribution in [0.1, 0.15) is 61.1 Å². The van der Waals surface area contributed by atoms with Crippen molar-refractivity contribution in [3.05, 3.63) is 39.7 Å². The van der Waals surface area contributed by atoms with Crippen LogP contribution in [-0.4, -0.2) is 53.9 Å². The highest BCUT2D eigenvalue weighted by molar-refractivity contribution is 7.11. The molecule has 0 bridgehead atoms. The van der Waals surface area contributed by atoms with Crippen molar-refractivity contribution in [2.75, 3.05) is 33.2 Å². The Labute approximate surface area is 172 Å². The first kappa shape index (κ1) is 22.6. The third-order valence-electron chi connectivity index (χ3n) is 5.23. The summed E-state index contributed by atoms with van der Waals surface area (Å²) in [6.07, 6.45) is 2.63. The third kappa shape index (κ3) is 5.65. The number of carbonyl (C=O) groups excluding carboxylic acids is 1. The van der Waals surface area contributed by atoms with E-state index in [1.165, 1.54) is 4.88 Å². The van der Waals surface area contributed by atoms with E-state index in [1.807, 2.05) is 26.1 Å². The zero-order chi connectivity index (χ0) is 20.7. The lowest BCUT2D eigenvalue weighted by Gasteiger charge is -2.29. The van der Waals surface area contributed by atoms with Gasteiger partial charge in [0, 0.05) is 17.5 Å². The molecule has 0 aliphatic heterocycles. The van der Waals surface area contributed by atoms with Gasteiger partial charge in [-0.1, -0.05) is 20.8 Å². The molecule has 0 aliphatic carbocycles. The van der Waals surface area contributed by atoms with Gasteiger partial charge >= 0.3 is 0 Å². The second-order valence-electron chi connectivity index (χ2n) is 7.06. The van der Waals surface area contributed by atoms with Gasteiger partial charge in [0.05, 0.1) is 29.6 Å². The highest BCUT2D eigenvalue weighted by atomic mass is 32.1. The first-order chi connectivity index (χ1) is 13.4. The van der Waals surface area contributed by atoms with Gasteiger partial charge in [0.2, 0.25) is 5.91 Å². The summed E-state index contributed by atoms with van der Waals surface area (Å²) in [6, 6.07) is 4.08. The number of thiazole rings is 1. The highest BCUT2D eigenvalue weighted by Crippen LogP contribution is 2.28. The molecule has 1 N–H and O–H groups in total. The van der Waals surface area contributed by atoms with Crippen molar-refractivity contribution in [1.29, 1.82) is 0 Å². The van der Waals surface area contributed by atoms with Crippen LogP contribution in [0.4, 0.5) is 0 Å². The Balaban J connectivity index is 1.95. The lowest BCUT2D eigenvalue weighted by Crippen LogP contribution is -2.41. The number of hydrogen-bond acceptors (Lipinski definition) is 6. The van der Waals surface area contributed by atoms with Gasteiger partial charge in [0.15, 0.2) is 0 Å². The van der Waals surface area contributed by atoms with Crippen molar-refractivity contribution in [2.45, 2.75) is 53.1 Å². The van der Waals surface area contributed by atoms with Crippen molar-refractivity contribution >= 4 is 17.2 Å². The van der Waals surface area contributed by atoms with Crippen LogP contribution in [0.5, 0.6) is 0 Å². The molecule has 2 rings (SSSR count). The number of rotatable bonds is 11. The van der Waals surface area contributed by atoms with Gasteiger partial charge in [-0.05, 0) is 52.5 Å². The molecule has 2 heterocycles. The number of amides is 1. The van der Waals surface area contributed by atoms with Crippen LogP contribution < -0.4 is 5.32 Å². The number of aromatic nitrogens is 1. The average Bonchev–Trinajstić information content (AvgIpc) is 3.34. The zero-order valence-corrected chi connectivity index (χ0v) is 18.8. The molecule has 2 atom stereocenters. The van der Waals surface area contributed by atoms with Crippen LogP contribution in [0.25, 0.3) is 0 Å². The van der Waals surface area contributed by atoms with Crippen molar-refractivity contribution in [2.24, 2.45) is 0 Å². The third-order valence-corrected chi connectivity index (χ3v) is 6.70. The minimum absolute atomic E-state index is 0.0240. The zero-order valence-electron chi connectivity index (χ0n) is 18.0. The predicted molar refractivity (Wildman–Crippen MR) is 115 cm³/mol. The summed E-state index contributed by atoms with van der Waals surface area (Å²) >= 11 is 1.75. The first-order valence-corrected chi connectivity index (χ1v) is 10.9. The SMILES string of the molecule is CCc1nc(C)c([C@H](C)N(C)CC(=O)NC[C@H](c2ccco2)N(CC)CC)s1. The standard InChI is InChI=1S/C21H34N4O2S/c1-7-20-23-15(4)21(28-20)16(5)24(6)14-19(26)22-13-17(25(8-2)9-3)18-11-10-12-27-18/h10-12,16-17H,7-9,13-14H2,1-6H3,(H,22,26)/t16-,17+/m0/s1. The van der Waals surface area contributed by atoms with E-state index in [4.69, 9.17) is 4.42 Å². The van der Waals surface area contributed by atoms with Crippen LogP contribution in [0.15, 0.2) is 22.8 Å². The molecule has 2 aromatic heterocycles. The molecular weight excluding hydrogens is 372 g/mol. The maximum atomic E-state index is 12.6. The van der Waals surface area contributed by atoms with Crippen molar-refractivity contribution < 1.29 is 9.21 Å². The Hall–Kier alpha value is -1.70. The van der Waals surface area contributed by atoms with E-state index in [9.17, 15) is 4.79 Å². The maximum absolute atomic E-state index is 12.6. The molecular formula is C21H34N4O2S. The second-order valence-corrected chi connectivity index (χ2v) is 8.17. The Morgan fingerprint density at radius 2 is 2.04 bits per heavy atom. The fourth-order valence-corrected chi connectivity index (χ4v) is 4.51. The maximum Gasteiger partial charge on any atom is 0.234 e. The van der Waals surface area contributed by atoms with Crippen LogP contribution in [0, 0.1) is 6.92 Å². The van der Waals surface area contributed by atoms with Crippen molar-refractivity contribution in [1.82, 2.24) is 20.1 Å². The Kier molecular flexibility index (Phi) is 8.66. The lowest BCUT2D eigenvalue weighted by atomic mass is 10.2. The minimum atomic E-state index is 0.0240. The van der Waals surface area contributed by atoms with E-state index in [0.717, 1.165) is 36.0 Å². The van der Waals surface area contributed by atoms with Gasteiger partial charge in [0.25, 0.3) is 0 Å². The first-order valence-electron chi connectivity index (χ1n) is 10.1. The van der Waals surface area contributed by atoms with E-state index in [1.54, 1.807) is 17.6 Å². The molecule has 0 spiro atoms. The summed E-state index contributed by atoms with van der Waals surface area (Å²) in [4.78, 5) is 22.8. The van der Waals surface area contributed by atoms with Crippen molar-refractivity contribution in [3.8, 4) is 0 Å². The fraction of sp³-hybridized carbons (Fsp3) is 0.619. The summed E-state index contributed by atoms with van der Waals surface area (Å²) in [6.45, 7) is 13.2. The largest absolute Gasteiger partial charge is 0.468 e. The van der Waals surface area contributed by atoms with E-state index >= 15 is 0 Å². The highest BCUT2D eigenvalue weighted by Gasteiger charge is 2.23. The number of likely N-dealkylation sites (N-methyl/N-ethyl adjacent to an activating group) is 2. The van der Waals surface area contributed by atoms with Gasteiger partial charge in [0.1, 0.15) is 5.76 Å². The topological polar surface area (TPSA) is 61.6 Å². The van der Waals surface area contributed by atoms with Crippen LogP contribution in [-0.2, 0) is 11.2 Å². The molecule has 2 aromatic rings. The molecule has 7 heteroatoms. The van der Waals surface area contributed by atoms with Gasteiger partial charge in [-0.25, -0.2) is 4.98 Å². The molecule has 0 aromatic carbocycles. The Morgan fingerprint density at radius 3 is 2.57 bits per heavy atom. The van der Waals surface area contributed by atoms with Gasteiger partial charge < -0.3 is 9.73 Å². The summed E-state index contributed by atoms with van der Waals surface area (Å²) in [5.74, 6) is 0.911. The summed E-state index contributed by atoms with van der Waals surface area (Å²) in [5, 5.41) is 4.24. The molecule has 28 heavy (non-hydrogen) atoms. The molecule has 6 nitrogen and oxygen atoms in total. The predicted octanol–water partition coefficient (Wildman–Crippen LogP) is 3.80. The van der Waals surface area contributed by atoms with E-state index in [2.05, 4.69) is 47.8 Å². The van der Waals surface area contributed by atoms with E-state index in [0.29, 0.717) is 13.1 Å². The van der Waals surface area contributed by atoms with Gasteiger partial charge in [-0.3, -0.25) is 14.6 Å². The number of carbonyl (C=O) groups is 1. The molecule has 0 saturated heterocycles. The molecule has 0 fully saturated rings. The summed E-state index contributed by atoms with van der Waals surface area (Å²) in [5.41, 5.74) is 1.07. The van der Waals surface area contributed by atoms with Gasteiger partial charge in [-0.2, -0.15) is 0 Å². The molecule has 0 radical (unpaired) electrons. The van der Waals surface area contributed by atoms with Crippen LogP contribution in [0.2, 0.25) is 0 Å². The Bertz CT molecular complexity index is 725. The number of nitrogens with zero attached hydrogens (tertiary/aromatic N) is 3. The molecule has 0 unspecified atom stereocenters. The molecule has 0 saturated carbocycles. The quantitative estimate of drug-likeness (QED) is 0.615. The van der Waals surface area contributed by atoms with E-state index in [-0.39, 0.29) is 18.0 Å². The molecule has 1 amide bonds. The molecule has 156 valence electrons. The minimum Gasteiger partial charge on any atom is -0.468 e. The summed E-state index contributed by atoms with van der Waals surface area (Å²) in [7, 11) is 1.99. The molecule has 0 aliphatic rings. The lowest BCUT2D eigenvalue weighted by molar-refractivity contribution is -0.122.